The van der Waals surface area contributed by atoms with Gasteiger partial charge < -0.3 is 15.7 Å². The van der Waals surface area contributed by atoms with Crippen molar-refractivity contribution in [1.29, 1.82) is 0 Å². The lowest BCUT2D eigenvalue weighted by Crippen LogP contribution is -2.27. The van der Waals surface area contributed by atoms with Gasteiger partial charge in [-0.1, -0.05) is 19.8 Å². The van der Waals surface area contributed by atoms with Crippen molar-refractivity contribution < 1.29 is 9.90 Å². The summed E-state index contributed by atoms with van der Waals surface area (Å²) >= 11 is 0. The Balaban J connectivity index is 2.15. The predicted octanol–water partition coefficient (Wildman–Crippen LogP) is 2.77. The fourth-order valence-electron chi connectivity index (χ4n) is 2.97. The molecule has 5 heteroatoms. The van der Waals surface area contributed by atoms with E-state index in [9.17, 15) is 4.79 Å². The van der Waals surface area contributed by atoms with E-state index in [4.69, 9.17) is 10.8 Å². The van der Waals surface area contributed by atoms with Gasteiger partial charge in [-0.15, -0.1) is 0 Å². The number of anilines is 2. The van der Waals surface area contributed by atoms with Gasteiger partial charge in [-0.05, 0) is 31.2 Å². The van der Waals surface area contributed by atoms with Gasteiger partial charge in [0.15, 0.2) is 5.82 Å². The third kappa shape index (κ3) is 3.21. The number of rotatable bonds is 4. The van der Waals surface area contributed by atoms with Gasteiger partial charge in [0.2, 0.25) is 0 Å². The minimum atomic E-state index is -0.996. The number of carboxylic acids is 1. The molecular formula is C15H23N3O2. The van der Waals surface area contributed by atoms with Gasteiger partial charge in [-0.2, -0.15) is 0 Å². The molecule has 1 fully saturated rings. The molecule has 2 heterocycles. The topological polar surface area (TPSA) is 79.5 Å². The number of carbonyl (C=O) groups is 1. The smallest absolute Gasteiger partial charge is 0.337 e. The SMILES string of the molecule is CCCC1CCCN(c2nccc(C(=O)O)c2N)CC1. The quantitative estimate of drug-likeness (QED) is 0.884. The predicted molar refractivity (Wildman–Crippen MR) is 80.1 cm³/mol. The Hall–Kier alpha value is -1.78. The molecule has 2 rings (SSSR count). The van der Waals surface area contributed by atoms with Crippen molar-refractivity contribution in [2.45, 2.75) is 39.0 Å². The van der Waals surface area contributed by atoms with E-state index < -0.39 is 5.97 Å². The summed E-state index contributed by atoms with van der Waals surface area (Å²) in [6.07, 6.45) is 7.51. The molecule has 1 aromatic rings. The lowest BCUT2D eigenvalue weighted by atomic mass is 9.96. The fourth-order valence-corrected chi connectivity index (χ4v) is 2.97. The highest BCUT2D eigenvalue weighted by molar-refractivity contribution is 5.96. The summed E-state index contributed by atoms with van der Waals surface area (Å²) in [6, 6.07) is 1.46. The first-order valence-corrected chi connectivity index (χ1v) is 7.36. The van der Waals surface area contributed by atoms with E-state index in [-0.39, 0.29) is 11.3 Å². The third-order valence-electron chi connectivity index (χ3n) is 4.04. The molecule has 0 aliphatic carbocycles. The van der Waals surface area contributed by atoms with Gasteiger partial charge in [-0.25, -0.2) is 9.78 Å². The van der Waals surface area contributed by atoms with Crippen LogP contribution in [0.3, 0.4) is 0 Å². The zero-order valence-corrected chi connectivity index (χ0v) is 12.0. The van der Waals surface area contributed by atoms with Crippen molar-refractivity contribution in [3.8, 4) is 0 Å². The van der Waals surface area contributed by atoms with Crippen LogP contribution in [0.15, 0.2) is 12.3 Å². The molecule has 5 nitrogen and oxygen atoms in total. The monoisotopic (exact) mass is 277 g/mol. The molecule has 1 aromatic heterocycles. The van der Waals surface area contributed by atoms with Crippen molar-refractivity contribution in [3.63, 3.8) is 0 Å². The number of nitrogens with zero attached hydrogens (tertiary/aromatic N) is 2. The van der Waals surface area contributed by atoms with Gasteiger partial charge in [0.1, 0.15) is 0 Å². The highest BCUT2D eigenvalue weighted by atomic mass is 16.4. The summed E-state index contributed by atoms with van der Waals surface area (Å²) in [6.45, 7) is 4.03. The van der Waals surface area contributed by atoms with Crippen molar-refractivity contribution >= 4 is 17.5 Å². The number of aromatic nitrogens is 1. The van der Waals surface area contributed by atoms with Crippen molar-refractivity contribution in [3.05, 3.63) is 17.8 Å². The van der Waals surface area contributed by atoms with Gasteiger partial charge in [0, 0.05) is 19.3 Å². The van der Waals surface area contributed by atoms with Crippen LogP contribution < -0.4 is 10.6 Å². The molecule has 0 bridgehead atoms. The molecule has 0 amide bonds. The molecule has 0 spiro atoms. The van der Waals surface area contributed by atoms with Crippen LogP contribution in [0, 0.1) is 5.92 Å². The van der Waals surface area contributed by atoms with E-state index in [0.29, 0.717) is 5.82 Å². The maximum absolute atomic E-state index is 11.1. The number of carboxylic acid groups (broad SMARTS) is 1. The summed E-state index contributed by atoms with van der Waals surface area (Å²) in [4.78, 5) is 17.6. The van der Waals surface area contributed by atoms with Crippen LogP contribution in [-0.2, 0) is 0 Å². The molecule has 1 aliphatic rings. The standard InChI is InChI=1S/C15H23N3O2/c1-2-4-11-5-3-9-18(10-7-11)14-13(16)12(15(19)20)6-8-17-14/h6,8,11H,2-5,7,9-10,16H2,1H3,(H,19,20). The Kier molecular flexibility index (Phi) is 4.82. The van der Waals surface area contributed by atoms with E-state index in [0.717, 1.165) is 31.8 Å². The first-order chi connectivity index (χ1) is 9.63. The second kappa shape index (κ2) is 6.59. The fraction of sp³-hybridized carbons (Fsp3) is 0.600. The molecule has 1 unspecified atom stereocenters. The number of nitrogen functional groups attached to an aromatic ring is 1. The first kappa shape index (κ1) is 14.6. The highest BCUT2D eigenvalue weighted by Gasteiger charge is 2.21. The molecule has 0 radical (unpaired) electrons. The van der Waals surface area contributed by atoms with Gasteiger partial charge >= 0.3 is 5.97 Å². The molecular weight excluding hydrogens is 254 g/mol. The zero-order chi connectivity index (χ0) is 14.5. The number of hydrogen-bond donors (Lipinski definition) is 2. The number of hydrogen-bond acceptors (Lipinski definition) is 4. The minimum Gasteiger partial charge on any atom is -0.478 e. The second-order valence-electron chi connectivity index (χ2n) is 5.47. The molecule has 110 valence electrons. The van der Waals surface area contributed by atoms with Crippen molar-refractivity contribution in [2.75, 3.05) is 23.7 Å². The zero-order valence-electron chi connectivity index (χ0n) is 12.0. The van der Waals surface area contributed by atoms with Crippen molar-refractivity contribution in [2.24, 2.45) is 5.92 Å². The lowest BCUT2D eigenvalue weighted by Gasteiger charge is -2.23. The van der Waals surface area contributed by atoms with Gasteiger partial charge in [-0.3, -0.25) is 0 Å². The van der Waals surface area contributed by atoms with E-state index >= 15 is 0 Å². The number of aromatic carboxylic acids is 1. The largest absolute Gasteiger partial charge is 0.478 e. The van der Waals surface area contributed by atoms with Crippen LogP contribution in [-0.4, -0.2) is 29.1 Å². The Morgan fingerprint density at radius 2 is 2.30 bits per heavy atom. The van der Waals surface area contributed by atoms with Crippen molar-refractivity contribution in [1.82, 2.24) is 4.98 Å². The van der Waals surface area contributed by atoms with Gasteiger partial charge in [0.25, 0.3) is 0 Å². The minimum absolute atomic E-state index is 0.143. The third-order valence-corrected chi connectivity index (χ3v) is 4.04. The number of nitrogens with two attached hydrogens (primary N) is 1. The number of pyridine rings is 1. The summed E-state index contributed by atoms with van der Waals surface area (Å²) in [5.74, 6) is 0.403. The average molecular weight is 277 g/mol. The Labute approximate surface area is 119 Å². The Bertz CT molecular complexity index is 476. The summed E-state index contributed by atoms with van der Waals surface area (Å²) in [7, 11) is 0. The van der Waals surface area contributed by atoms with Crippen LogP contribution in [0.1, 0.15) is 49.4 Å². The average Bonchev–Trinajstić information content (AvgIpc) is 2.65. The second-order valence-corrected chi connectivity index (χ2v) is 5.47. The molecule has 20 heavy (non-hydrogen) atoms. The van der Waals surface area contributed by atoms with Crippen LogP contribution in [0.2, 0.25) is 0 Å². The molecule has 0 aromatic carbocycles. The van der Waals surface area contributed by atoms with Crippen LogP contribution in [0.4, 0.5) is 11.5 Å². The lowest BCUT2D eigenvalue weighted by molar-refractivity contribution is 0.0698. The summed E-state index contributed by atoms with van der Waals surface area (Å²) in [5, 5.41) is 9.13. The molecule has 3 N–H and O–H groups in total. The molecule has 1 aliphatic heterocycles. The van der Waals surface area contributed by atoms with E-state index in [1.54, 1.807) is 0 Å². The first-order valence-electron chi connectivity index (χ1n) is 7.36. The van der Waals surface area contributed by atoms with E-state index in [2.05, 4.69) is 16.8 Å². The van der Waals surface area contributed by atoms with Crippen LogP contribution >= 0.6 is 0 Å². The molecule has 1 atom stereocenters. The summed E-state index contributed by atoms with van der Waals surface area (Å²) in [5.41, 5.74) is 6.40. The van der Waals surface area contributed by atoms with Crippen LogP contribution in [0.5, 0.6) is 0 Å². The molecule has 0 saturated carbocycles. The summed E-state index contributed by atoms with van der Waals surface area (Å²) < 4.78 is 0. The van der Waals surface area contributed by atoms with Gasteiger partial charge in [0.05, 0.1) is 11.3 Å². The van der Waals surface area contributed by atoms with Crippen LogP contribution in [0.25, 0.3) is 0 Å². The maximum Gasteiger partial charge on any atom is 0.337 e. The highest BCUT2D eigenvalue weighted by Crippen LogP contribution is 2.29. The Morgan fingerprint density at radius 1 is 1.50 bits per heavy atom. The molecule has 1 saturated heterocycles. The Morgan fingerprint density at radius 3 is 3.00 bits per heavy atom. The normalized spacial score (nSPS) is 19.6. The maximum atomic E-state index is 11.1. The van der Waals surface area contributed by atoms with E-state index in [1.165, 1.54) is 31.5 Å². The van der Waals surface area contributed by atoms with E-state index in [1.807, 2.05) is 0 Å².